The van der Waals surface area contributed by atoms with Crippen molar-refractivity contribution in [3.8, 4) is 0 Å². The third-order valence-electron chi connectivity index (χ3n) is 3.97. The van der Waals surface area contributed by atoms with E-state index in [1.54, 1.807) is 36.5 Å². The average molecular weight is 430 g/mol. The number of benzene rings is 2. The standard InChI is InChI=1S/C19H13Cl2N5OS/c1-10-3-2-4-12(20)16(10)26-17(27)11-5-6-13-14(9-11)28-19(23-13)25-15-7-8-22-18(21)24-15/h2-9H,1H3,(H,26,27)(H,22,23,24,25). The Morgan fingerprint density at radius 3 is 2.75 bits per heavy atom. The number of hydrogen-bond donors (Lipinski definition) is 2. The molecule has 0 fully saturated rings. The van der Waals surface area contributed by atoms with Crippen LogP contribution >= 0.6 is 34.5 Å². The lowest BCUT2D eigenvalue weighted by Gasteiger charge is -2.10. The van der Waals surface area contributed by atoms with Crippen molar-refractivity contribution in [2.45, 2.75) is 6.92 Å². The van der Waals surface area contributed by atoms with Crippen LogP contribution in [0.15, 0.2) is 48.7 Å². The Kier molecular flexibility index (Phi) is 5.13. The highest BCUT2D eigenvalue weighted by Crippen LogP contribution is 2.30. The van der Waals surface area contributed by atoms with Gasteiger partial charge in [-0.15, -0.1) is 0 Å². The second-order valence-corrected chi connectivity index (χ2v) is 7.70. The molecule has 2 heterocycles. The van der Waals surface area contributed by atoms with Gasteiger partial charge in [-0.25, -0.2) is 15.0 Å². The molecule has 0 spiro atoms. The molecule has 9 heteroatoms. The van der Waals surface area contributed by atoms with Gasteiger partial charge in [-0.1, -0.05) is 35.1 Å². The highest BCUT2D eigenvalue weighted by atomic mass is 35.5. The van der Waals surface area contributed by atoms with Gasteiger partial charge in [0, 0.05) is 11.8 Å². The van der Waals surface area contributed by atoms with E-state index in [0.717, 1.165) is 15.8 Å². The summed E-state index contributed by atoms with van der Waals surface area (Å²) in [4.78, 5) is 25.1. The van der Waals surface area contributed by atoms with E-state index in [-0.39, 0.29) is 11.2 Å². The normalized spacial score (nSPS) is 10.8. The first-order chi connectivity index (χ1) is 13.5. The molecule has 4 rings (SSSR count). The lowest BCUT2D eigenvalue weighted by atomic mass is 10.1. The van der Waals surface area contributed by atoms with E-state index < -0.39 is 0 Å². The largest absolute Gasteiger partial charge is 0.320 e. The molecule has 1 amide bonds. The minimum absolute atomic E-state index is 0.153. The molecule has 28 heavy (non-hydrogen) atoms. The minimum atomic E-state index is -0.233. The van der Waals surface area contributed by atoms with Gasteiger partial charge in [0.1, 0.15) is 5.82 Å². The number of anilines is 3. The summed E-state index contributed by atoms with van der Waals surface area (Å²) in [5.74, 6) is 0.315. The topological polar surface area (TPSA) is 79.8 Å². The van der Waals surface area contributed by atoms with Crippen LogP contribution in [0.1, 0.15) is 15.9 Å². The Labute approximate surface area is 174 Å². The van der Waals surface area contributed by atoms with Crippen molar-refractivity contribution in [3.63, 3.8) is 0 Å². The number of para-hydroxylation sites is 1. The number of hydrogen-bond acceptors (Lipinski definition) is 6. The van der Waals surface area contributed by atoms with E-state index in [1.807, 2.05) is 19.1 Å². The highest BCUT2D eigenvalue weighted by molar-refractivity contribution is 7.22. The highest BCUT2D eigenvalue weighted by Gasteiger charge is 2.13. The summed E-state index contributed by atoms with van der Waals surface area (Å²) in [7, 11) is 0. The predicted molar refractivity (Wildman–Crippen MR) is 114 cm³/mol. The molecule has 6 nitrogen and oxygen atoms in total. The molecular formula is C19H13Cl2N5OS. The molecule has 0 aliphatic rings. The van der Waals surface area contributed by atoms with Gasteiger partial charge in [0.25, 0.3) is 5.91 Å². The number of thiazole rings is 1. The van der Waals surface area contributed by atoms with Crippen molar-refractivity contribution in [1.29, 1.82) is 0 Å². The van der Waals surface area contributed by atoms with E-state index in [4.69, 9.17) is 23.2 Å². The van der Waals surface area contributed by atoms with Crippen LogP contribution < -0.4 is 10.6 Å². The summed E-state index contributed by atoms with van der Waals surface area (Å²) < 4.78 is 0.867. The Hall–Kier alpha value is -2.74. The lowest BCUT2D eigenvalue weighted by Crippen LogP contribution is -2.13. The Bertz CT molecular complexity index is 1170. The van der Waals surface area contributed by atoms with Crippen LogP contribution in [0.3, 0.4) is 0 Å². The lowest BCUT2D eigenvalue weighted by molar-refractivity contribution is 0.102. The molecule has 140 valence electrons. The Balaban J connectivity index is 1.58. The summed E-state index contributed by atoms with van der Waals surface area (Å²) in [6.45, 7) is 1.89. The zero-order valence-electron chi connectivity index (χ0n) is 14.5. The SMILES string of the molecule is Cc1cccc(Cl)c1NC(=O)c1ccc2nc(Nc3ccnc(Cl)n3)sc2c1. The van der Waals surface area contributed by atoms with Crippen LogP contribution in [0.2, 0.25) is 10.3 Å². The number of aromatic nitrogens is 3. The molecular weight excluding hydrogens is 417 g/mol. The van der Waals surface area contributed by atoms with E-state index in [2.05, 4.69) is 25.6 Å². The fraction of sp³-hybridized carbons (Fsp3) is 0.0526. The van der Waals surface area contributed by atoms with Crippen molar-refractivity contribution in [1.82, 2.24) is 15.0 Å². The van der Waals surface area contributed by atoms with Gasteiger partial charge in [0.2, 0.25) is 5.28 Å². The first kappa shape index (κ1) is 18.6. The zero-order chi connectivity index (χ0) is 19.7. The van der Waals surface area contributed by atoms with Crippen molar-refractivity contribution in [2.24, 2.45) is 0 Å². The number of nitrogens with one attached hydrogen (secondary N) is 2. The van der Waals surface area contributed by atoms with Crippen LogP contribution in [0.25, 0.3) is 10.2 Å². The quantitative estimate of drug-likeness (QED) is 0.406. The summed E-state index contributed by atoms with van der Waals surface area (Å²) >= 11 is 13.4. The van der Waals surface area contributed by atoms with Gasteiger partial charge in [-0.3, -0.25) is 4.79 Å². The molecule has 0 unspecified atom stereocenters. The second-order valence-electron chi connectivity index (χ2n) is 5.92. The fourth-order valence-electron chi connectivity index (χ4n) is 2.61. The number of fused-ring (bicyclic) bond motifs is 1. The third kappa shape index (κ3) is 3.91. The van der Waals surface area contributed by atoms with Crippen molar-refractivity contribution in [3.05, 3.63) is 70.1 Å². The summed E-state index contributed by atoms with van der Waals surface area (Å²) in [5.41, 5.74) is 2.81. The maximum atomic E-state index is 12.7. The monoisotopic (exact) mass is 429 g/mol. The summed E-state index contributed by atoms with van der Waals surface area (Å²) in [6, 6.07) is 12.5. The molecule has 0 bridgehead atoms. The maximum Gasteiger partial charge on any atom is 0.255 e. The van der Waals surface area contributed by atoms with Gasteiger partial charge in [0.15, 0.2) is 5.13 Å². The summed E-state index contributed by atoms with van der Waals surface area (Å²) in [6.07, 6.45) is 1.56. The van der Waals surface area contributed by atoms with Crippen LogP contribution in [0, 0.1) is 6.92 Å². The Morgan fingerprint density at radius 1 is 1.11 bits per heavy atom. The smallest absolute Gasteiger partial charge is 0.255 e. The van der Waals surface area contributed by atoms with Crippen molar-refractivity contribution < 1.29 is 4.79 Å². The van der Waals surface area contributed by atoms with Crippen molar-refractivity contribution >= 4 is 67.3 Å². The van der Waals surface area contributed by atoms with Crippen LogP contribution in [-0.4, -0.2) is 20.9 Å². The van der Waals surface area contributed by atoms with Gasteiger partial charge in [0.05, 0.1) is 20.9 Å². The number of amides is 1. The van der Waals surface area contributed by atoms with E-state index >= 15 is 0 Å². The third-order valence-corrected chi connectivity index (χ3v) is 5.40. The molecule has 0 radical (unpaired) electrons. The number of halogens is 2. The van der Waals surface area contributed by atoms with E-state index in [1.165, 1.54) is 11.3 Å². The molecule has 2 aromatic heterocycles. The minimum Gasteiger partial charge on any atom is -0.320 e. The van der Waals surface area contributed by atoms with Crippen molar-refractivity contribution in [2.75, 3.05) is 10.6 Å². The molecule has 2 aromatic carbocycles. The average Bonchev–Trinajstić information content (AvgIpc) is 3.06. The molecule has 0 saturated carbocycles. The van der Waals surface area contributed by atoms with E-state index in [0.29, 0.717) is 27.2 Å². The van der Waals surface area contributed by atoms with Crippen LogP contribution in [-0.2, 0) is 0 Å². The second kappa shape index (κ2) is 7.71. The van der Waals surface area contributed by atoms with Crippen LogP contribution in [0.5, 0.6) is 0 Å². The number of carbonyl (C=O) groups excluding carboxylic acids is 1. The zero-order valence-corrected chi connectivity index (χ0v) is 16.9. The molecule has 0 atom stereocenters. The van der Waals surface area contributed by atoms with E-state index in [9.17, 15) is 4.79 Å². The molecule has 0 saturated heterocycles. The first-order valence-electron chi connectivity index (χ1n) is 8.22. The van der Waals surface area contributed by atoms with Gasteiger partial charge in [-0.05, 0) is 54.4 Å². The number of aryl methyl sites for hydroxylation is 1. The number of rotatable bonds is 4. The van der Waals surface area contributed by atoms with Crippen LogP contribution in [0.4, 0.5) is 16.6 Å². The summed E-state index contributed by atoms with van der Waals surface area (Å²) in [5, 5.41) is 7.27. The molecule has 0 aliphatic heterocycles. The number of carbonyl (C=O) groups is 1. The first-order valence-corrected chi connectivity index (χ1v) is 9.79. The number of nitrogens with zero attached hydrogens (tertiary/aromatic N) is 3. The van der Waals surface area contributed by atoms with Gasteiger partial charge < -0.3 is 10.6 Å². The molecule has 0 aliphatic carbocycles. The predicted octanol–water partition coefficient (Wildman–Crippen LogP) is 5.70. The van der Waals surface area contributed by atoms with Gasteiger partial charge in [-0.2, -0.15) is 0 Å². The van der Waals surface area contributed by atoms with Gasteiger partial charge >= 0.3 is 0 Å². The Morgan fingerprint density at radius 2 is 1.96 bits per heavy atom. The maximum absolute atomic E-state index is 12.7. The fourth-order valence-corrected chi connectivity index (χ4v) is 3.94. The molecule has 2 N–H and O–H groups in total. The molecule has 4 aromatic rings.